The predicted octanol–water partition coefficient (Wildman–Crippen LogP) is 2.53. The Morgan fingerprint density at radius 3 is 2.94 bits per heavy atom. The average Bonchev–Trinajstić information content (AvgIpc) is 2.87. The number of rotatable bonds is 4. The Kier molecular flexibility index (Phi) is 3.24. The summed E-state index contributed by atoms with van der Waals surface area (Å²) in [6.07, 6.45) is 4.05. The van der Waals surface area contributed by atoms with Gasteiger partial charge in [0.15, 0.2) is 0 Å². The van der Waals surface area contributed by atoms with Gasteiger partial charge in [0, 0.05) is 0 Å². The number of carbonyl (C=O) groups is 1. The Morgan fingerprint density at radius 1 is 1.56 bits per heavy atom. The van der Waals surface area contributed by atoms with Gasteiger partial charge in [-0.1, -0.05) is 13.8 Å². The molecular formula is C13H22O3. The first-order chi connectivity index (χ1) is 7.51. The number of carbonyl (C=O) groups excluding carboxylic acids is 1. The molecule has 0 amide bonds. The largest absolute Gasteiger partial charge is 0.465 e. The van der Waals surface area contributed by atoms with Gasteiger partial charge in [0.25, 0.3) is 0 Å². The van der Waals surface area contributed by atoms with E-state index in [1.807, 2.05) is 0 Å². The van der Waals surface area contributed by atoms with Crippen LogP contribution in [0.15, 0.2) is 0 Å². The average molecular weight is 226 g/mol. The van der Waals surface area contributed by atoms with E-state index in [1.54, 1.807) is 0 Å². The van der Waals surface area contributed by atoms with Gasteiger partial charge in [-0.3, -0.25) is 4.79 Å². The number of epoxide rings is 1. The van der Waals surface area contributed by atoms with Crippen molar-refractivity contribution in [3.05, 3.63) is 0 Å². The van der Waals surface area contributed by atoms with Gasteiger partial charge in [0.1, 0.15) is 0 Å². The van der Waals surface area contributed by atoms with Crippen LogP contribution in [-0.4, -0.2) is 24.3 Å². The molecule has 0 radical (unpaired) electrons. The van der Waals surface area contributed by atoms with E-state index in [2.05, 4.69) is 20.8 Å². The lowest BCUT2D eigenvalue weighted by Crippen LogP contribution is -2.28. The van der Waals surface area contributed by atoms with Crippen LogP contribution in [-0.2, 0) is 14.3 Å². The zero-order valence-electron chi connectivity index (χ0n) is 10.5. The molecule has 1 heterocycles. The number of fused-ring (bicyclic) bond motifs is 1. The van der Waals surface area contributed by atoms with E-state index in [9.17, 15) is 4.79 Å². The molecule has 1 saturated heterocycles. The molecule has 2 rings (SSSR count). The minimum Gasteiger partial charge on any atom is -0.465 e. The second-order valence-corrected chi connectivity index (χ2v) is 5.74. The van der Waals surface area contributed by atoms with Crippen molar-refractivity contribution in [2.24, 2.45) is 11.8 Å². The maximum Gasteiger partial charge on any atom is 0.309 e. The van der Waals surface area contributed by atoms with Crippen molar-refractivity contribution in [1.29, 1.82) is 0 Å². The lowest BCUT2D eigenvalue weighted by molar-refractivity contribution is -0.149. The van der Waals surface area contributed by atoms with E-state index >= 15 is 0 Å². The fourth-order valence-corrected chi connectivity index (χ4v) is 2.37. The van der Waals surface area contributed by atoms with Crippen LogP contribution in [0.4, 0.5) is 0 Å². The van der Waals surface area contributed by atoms with E-state index in [4.69, 9.17) is 9.47 Å². The van der Waals surface area contributed by atoms with Crippen LogP contribution in [0.25, 0.3) is 0 Å². The molecule has 0 aromatic carbocycles. The summed E-state index contributed by atoms with van der Waals surface area (Å²) in [6.45, 7) is 6.98. The van der Waals surface area contributed by atoms with Crippen LogP contribution in [0, 0.1) is 11.8 Å². The molecule has 3 nitrogen and oxygen atoms in total. The third-order valence-electron chi connectivity index (χ3n) is 3.80. The van der Waals surface area contributed by atoms with E-state index in [0.29, 0.717) is 18.6 Å². The fourth-order valence-electron chi connectivity index (χ4n) is 2.37. The molecular weight excluding hydrogens is 204 g/mol. The first kappa shape index (κ1) is 11.9. The highest BCUT2D eigenvalue weighted by atomic mass is 16.6. The van der Waals surface area contributed by atoms with Crippen molar-refractivity contribution in [2.75, 3.05) is 6.61 Å². The molecule has 1 saturated carbocycles. The van der Waals surface area contributed by atoms with Gasteiger partial charge < -0.3 is 9.47 Å². The molecule has 3 heteroatoms. The summed E-state index contributed by atoms with van der Waals surface area (Å²) in [5.41, 5.74) is 0.0920. The van der Waals surface area contributed by atoms with Crippen molar-refractivity contribution in [1.82, 2.24) is 0 Å². The SMILES string of the molecule is CC(C)CCOC(=O)C1CCC2(C)OC2C1. The highest BCUT2D eigenvalue weighted by molar-refractivity contribution is 5.72. The first-order valence-electron chi connectivity index (χ1n) is 6.36. The molecule has 2 fully saturated rings. The number of ether oxygens (including phenoxy) is 2. The van der Waals surface area contributed by atoms with Gasteiger partial charge in [-0.15, -0.1) is 0 Å². The summed E-state index contributed by atoms with van der Waals surface area (Å²) in [5, 5.41) is 0. The molecule has 1 aliphatic carbocycles. The van der Waals surface area contributed by atoms with Crippen molar-refractivity contribution in [3.63, 3.8) is 0 Å². The van der Waals surface area contributed by atoms with Gasteiger partial charge in [-0.25, -0.2) is 0 Å². The molecule has 92 valence electrons. The summed E-state index contributed by atoms with van der Waals surface area (Å²) in [5.74, 6) is 0.653. The van der Waals surface area contributed by atoms with Crippen molar-refractivity contribution in [2.45, 2.75) is 58.2 Å². The van der Waals surface area contributed by atoms with Crippen LogP contribution in [0.1, 0.15) is 46.5 Å². The molecule has 0 aromatic rings. The Morgan fingerprint density at radius 2 is 2.31 bits per heavy atom. The fraction of sp³-hybridized carbons (Fsp3) is 0.923. The van der Waals surface area contributed by atoms with Gasteiger partial charge in [0.2, 0.25) is 0 Å². The van der Waals surface area contributed by atoms with Crippen molar-refractivity contribution in [3.8, 4) is 0 Å². The van der Waals surface area contributed by atoms with Gasteiger partial charge >= 0.3 is 5.97 Å². The van der Waals surface area contributed by atoms with Crippen LogP contribution in [0.3, 0.4) is 0 Å². The minimum absolute atomic E-state index is 0.0156. The molecule has 3 atom stereocenters. The second kappa shape index (κ2) is 4.36. The topological polar surface area (TPSA) is 38.8 Å². The van der Waals surface area contributed by atoms with Gasteiger partial charge in [-0.2, -0.15) is 0 Å². The normalized spacial score (nSPS) is 37.0. The predicted molar refractivity (Wildman–Crippen MR) is 61.0 cm³/mol. The van der Waals surface area contributed by atoms with Crippen LogP contribution < -0.4 is 0 Å². The quantitative estimate of drug-likeness (QED) is 0.546. The van der Waals surface area contributed by atoms with Gasteiger partial charge in [-0.05, 0) is 38.5 Å². The minimum atomic E-state index is -0.0156. The molecule has 0 spiro atoms. The highest BCUT2D eigenvalue weighted by Gasteiger charge is 2.56. The maximum absolute atomic E-state index is 11.8. The van der Waals surface area contributed by atoms with Crippen molar-refractivity contribution >= 4 is 5.97 Å². The third kappa shape index (κ3) is 2.57. The van der Waals surface area contributed by atoms with E-state index in [0.717, 1.165) is 25.7 Å². The number of hydrogen-bond donors (Lipinski definition) is 0. The zero-order chi connectivity index (χ0) is 11.8. The summed E-state index contributed by atoms with van der Waals surface area (Å²) < 4.78 is 10.9. The monoisotopic (exact) mass is 226 g/mol. The van der Waals surface area contributed by atoms with E-state index in [1.165, 1.54) is 0 Å². The summed E-state index contributed by atoms with van der Waals surface area (Å²) in [7, 11) is 0. The second-order valence-electron chi connectivity index (χ2n) is 5.74. The standard InChI is InChI=1S/C13H22O3/c1-9(2)5-7-15-12(14)10-4-6-13(3)11(8-10)16-13/h9-11H,4-8H2,1-3H3. The Bertz CT molecular complexity index is 274. The smallest absolute Gasteiger partial charge is 0.309 e. The number of hydrogen-bond acceptors (Lipinski definition) is 3. The molecule has 0 N–H and O–H groups in total. The Labute approximate surface area is 97.5 Å². The lowest BCUT2D eigenvalue weighted by atomic mass is 9.83. The Hall–Kier alpha value is -0.570. The van der Waals surface area contributed by atoms with E-state index < -0.39 is 0 Å². The summed E-state index contributed by atoms with van der Waals surface area (Å²) >= 11 is 0. The van der Waals surface area contributed by atoms with Crippen LogP contribution in [0.5, 0.6) is 0 Å². The zero-order valence-corrected chi connectivity index (χ0v) is 10.5. The molecule has 16 heavy (non-hydrogen) atoms. The molecule has 0 bridgehead atoms. The Balaban J connectivity index is 1.70. The van der Waals surface area contributed by atoms with Gasteiger partial charge in [0.05, 0.1) is 24.2 Å². The first-order valence-corrected chi connectivity index (χ1v) is 6.36. The molecule has 1 aliphatic heterocycles. The molecule has 0 aromatic heterocycles. The number of esters is 1. The molecule has 2 aliphatic rings. The lowest BCUT2D eigenvalue weighted by Gasteiger charge is -2.21. The highest BCUT2D eigenvalue weighted by Crippen LogP contribution is 2.49. The molecule has 3 unspecified atom stereocenters. The summed E-state index contributed by atoms with van der Waals surface area (Å²) in [6, 6.07) is 0. The summed E-state index contributed by atoms with van der Waals surface area (Å²) in [4.78, 5) is 11.8. The van der Waals surface area contributed by atoms with Crippen LogP contribution in [0.2, 0.25) is 0 Å². The van der Waals surface area contributed by atoms with Crippen molar-refractivity contribution < 1.29 is 14.3 Å². The van der Waals surface area contributed by atoms with E-state index in [-0.39, 0.29) is 17.5 Å². The third-order valence-corrected chi connectivity index (χ3v) is 3.80. The van der Waals surface area contributed by atoms with Crippen LogP contribution >= 0.6 is 0 Å². The maximum atomic E-state index is 11.8.